The second-order valence-electron chi connectivity index (χ2n) is 4.11. The normalized spacial score (nSPS) is 8.88. The van der Waals surface area contributed by atoms with Crippen LogP contribution in [0.2, 0.25) is 0 Å². The standard InChI is InChI=1S/C8H19N.C7H8.ClH/c1-3-5-7-9-8-6-4-2;1-7-5-3-2-4-6-7;/h9H,3-8H2,1-2H3;2-6H,1H3;1H. The molecule has 0 aliphatic rings. The summed E-state index contributed by atoms with van der Waals surface area (Å²) in [4.78, 5) is 0. The molecule has 1 rings (SSSR count). The van der Waals surface area contributed by atoms with Gasteiger partial charge in [-0.25, -0.2) is 0 Å². The Balaban J connectivity index is 0. The maximum atomic E-state index is 3.39. The molecule has 17 heavy (non-hydrogen) atoms. The second kappa shape index (κ2) is 15.5. The molecule has 0 aliphatic heterocycles. The summed E-state index contributed by atoms with van der Waals surface area (Å²) in [6, 6.07) is 10.3. The van der Waals surface area contributed by atoms with E-state index in [4.69, 9.17) is 0 Å². The van der Waals surface area contributed by atoms with Crippen molar-refractivity contribution in [3.63, 3.8) is 0 Å². The van der Waals surface area contributed by atoms with Crippen LogP contribution in [-0.2, 0) is 0 Å². The molecule has 1 nitrogen and oxygen atoms in total. The molecule has 1 N–H and O–H groups in total. The number of rotatable bonds is 6. The monoisotopic (exact) mass is 257 g/mol. The minimum atomic E-state index is 0. The third kappa shape index (κ3) is 15.5. The van der Waals surface area contributed by atoms with Crippen LogP contribution in [-0.4, -0.2) is 13.1 Å². The number of aryl methyl sites for hydroxylation is 1. The van der Waals surface area contributed by atoms with Gasteiger partial charge >= 0.3 is 0 Å². The number of nitrogens with one attached hydrogen (secondary N) is 1. The first-order valence-electron chi connectivity index (χ1n) is 6.53. The van der Waals surface area contributed by atoms with E-state index in [1.807, 2.05) is 18.2 Å². The van der Waals surface area contributed by atoms with E-state index < -0.39 is 0 Å². The zero-order valence-electron chi connectivity index (χ0n) is 11.5. The van der Waals surface area contributed by atoms with Gasteiger partial charge in [-0.15, -0.1) is 12.4 Å². The lowest BCUT2D eigenvalue weighted by molar-refractivity contribution is 0.611. The Morgan fingerprint density at radius 1 is 0.882 bits per heavy atom. The van der Waals surface area contributed by atoms with Crippen molar-refractivity contribution in [2.24, 2.45) is 0 Å². The van der Waals surface area contributed by atoms with Gasteiger partial charge in [0.1, 0.15) is 0 Å². The van der Waals surface area contributed by atoms with E-state index in [9.17, 15) is 0 Å². The number of hydrogen-bond acceptors (Lipinski definition) is 1. The fourth-order valence-corrected chi connectivity index (χ4v) is 1.26. The van der Waals surface area contributed by atoms with Crippen molar-refractivity contribution in [1.82, 2.24) is 5.32 Å². The Morgan fingerprint density at radius 3 is 1.65 bits per heavy atom. The van der Waals surface area contributed by atoms with E-state index in [2.05, 4.69) is 38.2 Å². The van der Waals surface area contributed by atoms with E-state index in [-0.39, 0.29) is 12.4 Å². The lowest BCUT2D eigenvalue weighted by atomic mass is 10.2. The van der Waals surface area contributed by atoms with Crippen LogP contribution in [0.15, 0.2) is 30.3 Å². The number of unbranched alkanes of at least 4 members (excludes halogenated alkanes) is 2. The van der Waals surface area contributed by atoms with Crippen LogP contribution in [0.1, 0.15) is 45.1 Å². The van der Waals surface area contributed by atoms with Gasteiger partial charge in [0, 0.05) is 0 Å². The van der Waals surface area contributed by atoms with Crippen LogP contribution in [0.4, 0.5) is 0 Å². The summed E-state index contributed by atoms with van der Waals surface area (Å²) in [5.41, 5.74) is 1.32. The van der Waals surface area contributed by atoms with Crippen molar-refractivity contribution < 1.29 is 0 Å². The van der Waals surface area contributed by atoms with Gasteiger partial charge in [0.05, 0.1) is 0 Å². The molecule has 0 heterocycles. The first kappa shape index (κ1) is 18.8. The van der Waals surface area contributed by atoms with Gasteiger partial charge in [-0.05, 0) is 32.9 Å². The summed E-state index contributed by atoms with van der Waals surface area (Å²) in [6.07, 6.45) is 5.26. The molecular formula is C15H28ClN. The third-order valence-corrected chi connectivity index (χ3v) is 2.35. The summed E-state index contributed by atoms with van der Waals surface area (Å²) >= 11 is 0. The van der Waals surface area contributed by atoms with Gasteiger partial charge in [0.15, 0.2) is 0 Å². The zero-order chi connectivity index (χ0) is 12.1. The molecule has 0 unspecified atom stereocenters. The quantitative estimate of drug-likeness (QED) is 0.735. The molecule has 0 saturated carbocycles. The lowest BCUT2D eigenvalue weighted by Crippen LogP contribution is -2.15. The number of benzene rings is 1. The smallest absolute Gasteiger partial charge is 0.00490 e. The highest BCUT2D eigenvalue weighted by Gasteiger charge is 1.83. The molecule has 2 heteroatoms. The van der Waals surface area contributed by atoms with E-state index in [1.165, 1.54) is 44.3 Å². The van der Waals surface area contributed by atoms with E-state index in [0.717, 1.165) is 0 Å². The topological polar surface area (TPSA) is 12.0 Å². The molecular weight excluding hydrogens is 230 g/mol. The molecule has 1 aromatic carbocycles. The predicted octanol–water partition coefficient (Wildman–Crippen LogP) is 4.59. The fourth-order valence-electron chi connectivity index (χ4n) is 1.26. The summed E-state index contributed by atoms with van der Waals surface area (Å²) in [5.74, 6) is 0. The van der Waals surface area contributed by atoms with Gasteiger partial charge in [-0.3, -0.25) is 0 Å². The molecule has 100 valence electrons. The Bertz CT molecular complexity index is 218. The summed E-state index contributed by atoms with van der Waals surface area (Å²) < 4.78 is 0. The second-order valence-corrected chi connectivity index (χ2v) is 4.11. The Labute approximate surface area is 113 Å². The molecule has 0 radical (unpaired) electrons. The Hall–Kier alpha value is -0.530. The maximum Gasteiger partial charge on any atom is -0.00490 e. The SMILES string of the molecule is CCCCNCCCC.Cc1ccccc1.Cl. The van der Waals surface area contributed by atoms with E-state index in [0.29, 0.717) is 0 Å². The summed E-state index contributed by atoms with van der Waals surface area (Å²) in [7, 11) is 0. The average molecular weight is 258 g/mol. The van der Waals surface area contributed by atoms with Crippen molar-refractivity contribution in [2.75, 3.05) is 13.1 Å². The van der Waals surface area contributed by atoms with Gasteiger partial charge < -0.3 is 5.32 Å². The molecule has 0 aliphatic carbocycles. The number of hydrogen-bond donors (Lipinski definition) is 1. The van der Waals surface area contributed by atoms with Gasteiger partial charge in [-0.1, -0.05) is 62.6 Å². The van der Waals surface area contributed by atoms with Crippen molar-refractivity contribution in [3.05, 3.63) is 35.9 Å². The van der Waals surface area contributed by atoms with Crippen LogP contribution in [0.3, 0.4) is 0 Å². The predicted molar refractivity (Wildman–Crippen MR) is 81.1 cm³/mol. The highest BCUT2D eigenvalue weighted by Crippen LogP contribution is 1.92. The summed E-state index contributed by atoms with van der Waals surface area (Å²) in [6.45, 7) is 8.94. The Morgan fingerprint density at radius 2 is 1.35 bits per heavy atom. The molecule has 1 aromatic rings. The van der Waals surface area contributed by atoms with Gasteiger partial charge in [0.25, 0.3) is 0 Å². The van der Waals surface area contributed by atoms with Gasteiger partial charge in [0.2, 0.25) is 0 Å². The third-order valence-electron chi connectivity index (χ3n) is 2.35. The highest BCUT2D eigenvalue weighted by molar-refractivity contribution is 5.85. The van der Waals surface area contributed by atoms with Crippen molar-refractivity contribution in [2.45, 2.75) is 46.5 Å². The molecule has 0 amide bonds. The molecule has 0 bridgehead atoms. The molecule has 0 saturated heterocycles. The van der Waals surface area contributed by atoms with Crippen LogP contribution in [0, 0.1) is 6.92 Å². The highest BCUT2D eigenvalue weighted by atomic mass is 35.5. The first-order valence-corrected chi connectivity index (χ1v) is 6.53. The average Bonchev–Trinajstić information content (AvgIpc) is 2.31. The summed E-state index contributed by atoms with van der Waals surface area (Å²) in [5, 5.41) is 3.39. The zero-order valence-corrected chi connectivity index (χ0v) is 12.4. The maximum absolute atomic E-state index is 3.39. The molecule has 0 atom stereocenters. The largest absolute Gasteiger partial charge is 0.317 e. The van der Waals surface area contributed by atoms with Gasteiger partial charge in [-0.2, -0.15) is 0 Å². The van der Waals surface area contributed by atoms with E-state index in [1.54, 1.807) is 0 Å². The minimum Gasteiger partial charge on any atom is -0.317 e. The van der Waals surface area contributed by atoms with Crippen LogP contribution >= 0.6 is 12.4 Å². The molecule has 0 spiro atoms. The number of halogens is 1. The molecule has 0 aromatic heterocycles. The molecule has 0 fully saturated rings. The van der Waals surface area contributed by atoms with Crippen LogP contribution < -0.4 is 5.32 Å². The lowest BCUT2D eigenvalue weighted by Gasteiger charge is -1.99. The van der Waals surface area contributed by atoms with Crippen molar-refractivity contribution in [3.8, 4) is 0 Å². The fraction of sp³-hybridized carbons (Fsp3) is 0.600. The first-order chi connectivity index (χ1) is 7.81. The van der Waals surface area contributed by atoms with Crippen molar-refractivity contribution in [1.29, 1.82) is 0 Å². The minimum absolute atomic E-state index is 0. The van der Waals surface area contributed by atoms with Crippen LogP contribution in [0.5, 0.6) is 0 Å². The van der Waals surface area contributed by atoms with Crippen LogP contribution in [0.25, 0.3) is 0 Å². The Kier molecular flexibility index (Phi) is 17.1. The van der Waals surface area contributed by atoms with E-state index >= 15 is 0 Å². The van der Waals surface area contributed by atoms with Crippen molar-refractivity contribution >= 4 is 12.4 Å².